The number of amides is 2. The van der Waals surface area contributed by atoms with Crippen LogP contribution in [0.25, 0.3) is 0 Å². The van der Waals surface area contributed by atoms with Gasteiger partial charge < -0.3 is 15.1 Å². The van der Waals surface area contributed by atoms with E-state index in [9.17, 15) is 9.59 Å². The van der Waals surface area contributed by atoms with Crippen molar-refractivity contribution in [1.82, 2.24) is 15.1 Å². The van der Waals surface area contributed by atoms with E-state index in [0.29, 0.717) is 31.3 Å². The van der Waals surface area contributed by atoms with E-state index in [-0.39, 0.29) is 11.8 Å². The van der Waals surface area contributed by atoms with Crippen LogP contribution in [0.1, 0.15) is 43.0 Å². The minimum absolute atomic E-state index is 0.0722. The predicted octanol–water partition coefficient (Wildman–Crippen LogP) is 2.39. The number of hydrogen-bond acceptors (Lipinski definition) is 3. The second-order valence-corrected chi connectivity index (χ2v) is 7.66. The zero-order valence-electron chi connectivity index (χ0n) is 15.8. The molecule has 26 heavy (non-hydrogen) atoms. The number of nitrogens with one attached hydrogen (secondary N) is 1. The topological polar surface area (TPSA) is 52.7 Å². The number of rotatable bonds is 4. The van der Waals surface area contributed by atoms with E-state index in [4.69, 9.17) is 0 Å². The number of nitrogens with zero attached hydrogens (tertiary/aromatic N) is 2. The Morgan fingerprint density at radius 2 is 1.69 bits per heavy atom. The second kappa shape index (κ2) is 9.17. The van der Waals surface area contributed by atoms with Gasteiger partial charge in [0.1, 0.15) is 0 Å². The molecule has 3 rings (SSSR count). The molecule has 5 heteroatoms. The highest BCUT2D eigenvalue weighted by atomic mass is 16.2. The fraction of sp³-hybridized carbons (Fsp3) is 0.619. The molecule has 2 aliphatic rings. The lowest BCUT2D eigenvalue weighted by molar-refractivity contribution is -0.132. The first-order valence-electron chi connectivity index (χ1n) is 9.98. The van der Waals surface area contributed by atoms with Crippen LogP contribution in [0.2, 0.25) is 0 Å². The van der Waals surface area contributed by atoms with Gasteiger partial charge in [-0.1, -0.05) is 25.1 Å². The van der Waals surface area contributed by atoms with Gasteiger partial charge in [-0.3, -0.25) is 9.59 Å². The zero-order chi connectivity index (χ0) is 18.4. The monoisotopic (exact) mass is 357 g/mol. The van der Waals surface area contributed by atoms with Gasteiger partial charge in [0.25, 0.3) is 5.91 Å². The van der Waals surface area contributed by atoms with E-state index in [1.54, 1.807) is 0 Å². The number of hydrogen-bond donors (Lipinski definition) is 1. The van der Waals surface area contributed by atoms with Crippen LogP contribution in [0, 0.1) is 11.8 Å². The van der Waals surface area contributed by atoms with Crippen molar-refractivity contribution in [3.8, 4) is 0 Å². The molecule has 2 amide bonds. The molecule has 0 bridgehead atoms. The minimum atomic E-state index is 0.0722. The van der Waals surface area contributed by atoms with E-state index in [2.05, 4.69) is 12.2 Å². The molecular weight excluding hydrogens is 326 g/mol. The normalized spacial score (nSPS) is 20.5. The summed E-state index contributed by atoms with van der Waals surface area (Å²) in [5, 5.41) is 3.39. The fourth-order valence-corrected chi connectivity index (χ4v) is 4.12. The molecule has 1 aromatic carbocycles. The smallest absolute Gasteiger partial charge is 0.253 e. The Hall–Kier alpha value is -1.88. The van der Waals surface area contributed by atoms with Crippen molar-refractivity contribution in [2.24, 2.45) is 11.8 Å². The van der Waals surface area contributed by atoms with Crippen molar-refractivity contribution in [2.75, 3.05) is 39.3 Å². The molecule has 142 valence electrons. The third-order valence-electron chi connectivity index (χ3n) is 5.84. The first-order chi connectivity index (χ1) is 12.6. The molecule has 1 N–H and O–H groups in total. The third-order valence-corrected chi connectivity index (χ3v) is 5.84. The van der Waals surface area contributed by atoms with Gasteiger partial charge in [0, 0.05) is 38.2 Å². The second-order valence-electron chi connectivity index (χ2n) is 7.66. The molecule has 1 atom stereocenters. The number of carbonyl (C=O) groups excluding carboxylic acids is 2. The Bertz CT molecular complexity index is 599. The molecule has 2 heterocycles. The summed E-state index contributed by atoms with van der Waals surface area (Å²) in [5.41, 5.74) is 0.729. The Kier molecular flexibility index (Phi) is 6.67. The van der Waals surface area contributed by atoms with Crippen molar-refractivity contribution in [3.63, 3.8) is 0 Å². The van der Waals surface area contributed by atoms with Gasteiger partial charge >= 0.3 is 0 Å². The predicted molar refractivity (Wildman–Crippen MR) is 103 cm³/mol. The van der Waals surface area contributed by atoms with Crippen LogP contribution in [0.4, 0.5) is 0 Å². The maximum absolute atomic E-state index is 12.8. The average Bonchev–Trinajstić information content (AvgIpc) is 2.95. The summed E-state index contributed by atoms with van der Waals surface area (Å²) in [6.07, 6.45) is 3.84. The molecule has 2 saturated heterocycles. The summed E-state index contributed by atoms with van der Waals surface area (Å²) in [7, 11) is 0. The maximum Gasteiger partial charge on any atom is 0.253 e. The van der Waals surface area contributed by atoms with Crippen LogP contribution in [0.15, 0.2) is 30.3 Å². The molecule has 1 aromatic rings. The van der Waals surface area contributed by atoms with Crippen LogP contribution in [0.3, 0.4) is 0 Å². The van der Waals surface area contributed by atoms with Crippen molar-refractivity contribution in [2.45, 2.75) is 32.6 Å². The number of benzene rings is 1. The lowest BCUT2D eigenvalue weighted by atomic mass is 9.84. The highest BCUT2D eigenvalue weighted by Crippen LogP contribution is 2.25. The van der Waals surface area contributed by atoms with Crippen molar-refractivity contribution in [3.05, 3.63) is 35.9 Å². The Morgan fingerprint density at radius 1 is 1.04 bits per heavy atom. The molecule has 0 aromatic heterocycles. The van der Waals surface area contributed by atoms with Gasteiger partial charge in [-0.25, -0.2) is 0 Å². The Morgan fingerprint density at radius 3 is 2.42 bits per heavy atom. The molecule has 0 radical (unpaired) electrons. The van der Waals surface area contributed by atoms with E-state index in [1.807, 2.05) is 40.1 Å². The summed E-state index contributed by atoms with van der Waals surface area (Å²) in [5.74, 6) is 1.42. The van der Waals surface area contributed by atoms with E-state index in [1.165, 1.54) is 12.8 Å². The maximum atomic E-state index is 12.8. The van der Waals surface area contributed by atoms with Gasteiger partial charge in [0.15, 0.2) is 0 Å². The molecule has 2 fully saturated rings. The number of carbonyl (C=O) groups is 2. The van der Waals surface area contributed by atoms with Gasteiger partial charge in [0.05, 0.1) is 0 Å². The zero-order valence-corrected chi connectivity index (χ0v) is 15.8. The van der Waals surface area contributed by atoms with Crippen LogP contribution in [-0.2, 0) is 4.79 Å². The van der Waals surface area contributed by atoms with E-state index in [0.717, 1.165) is 38.2 Å². The first kappa shape index (κ1) is 18.9. The highest BCUT2D eigenvalue weighted by molar-refractivity contribution is 5.94. The molecule has 0 spiro atoms. The molecule has 0 aliphatic carbocycles. The standard InChI is InChI=1S/C21H31N3O2/c1-17(18-8-10-22-11-9-18)16-20(25)23-12-5-13-24(15-14-23)21(26)19-6-3-2-4-7-19/h2-4,6-7,17-18,22H,5,8-16H2,1H3. The number of piperidine rings is 1. The molecule has 1 unspecified atom stereocenters. The lowest BCUT2D eigenvalue weighted by Gasteiger charge is -2.30. The summed E-state index contributed by atoms with van der Waals surface area (Å²) in [6, 6.07) is 9.42. The Balaban J connectivity index is 1.51. The van der Waals surface area contributed by atoms with Crippen molar-refractivity contribution in [1.29, 1.82) is 0 Å². The Labute approximate surface area is 156 Å². The third kappa shape index (κ3) is 4.85. The lowest BCUT2D eigenvalue weighted by Crippen LogP contribution is -2.39. The summed E-state index contributed by atoms with van der Waals surface area (Å²) < 4.78 is 0. The minimum Gasteiger partial charge on any atom is -0.341 e. The van der Waals surface area contributed by atoms with Crippen LogP contribution in [0.5, 0.6) is 0 Å². The summed E-state index contributed by atoms with van der Waals surface area (Å²) in [6.45, 7) is 7.12. The van der Waals surface area contributed by atoms with Crippen LogP contribution >= 0.6 is 0 Å². The van der Waals surface area contributed by atoms with Gasteiger partial charge in [0.2, 0.25) is 5.91 Å². The van der Waals surface area contributed by atoms with Gasteiger partial charge in [-0.2, -0.15) is 0 Å². The van der Waals surface area contributed by atoms with Gasteiger partial charge in [-0.05, 0) is 56.3 Å². The molecular formula is C21H31N3O2. The van der Waals surface area contributed by atoms with E-state index >= 15 is 0 Å². The molecule has 0 saturated carbocycles. The van der Waals surface area contributed by atoms with Crippen LogP contribution in [-0.4, -0.2) is 60.9 Å². The van der Waals surface area contributed by atoms with Crippen molar-refractivity contribution < 1.29 is 9.59 Å². The van der Waals surface area contributed by atoms with Crippen molar-refractivity contribution >= 4 is 11.8 Å². The molecule has 2 aliphatic heterocycles. The average molecular weight is 357 g/mol. The van der Waals surface area contributed by atoms with Gasteiger partial charge in [-0.15, -0.1) is 0 Å². The molecule has 5 nitrogen and oxygen atoms in total. The summed E-state index contributed by atoms with van der Waals surface area (Å²) >= 11 is 0. The summed E-state index contributed by atoms with van der Waals surface area (Å²) in [4.78, 5) is 29.2. The van der Waals surface area contributed by atoms with E-state index < -0.39 is 0 Å². The first-order valence-corrected chi connectivity index (χ1v) is 9.98. The quantitative estimate of drug-likeness (QED) is 0.900. The fourth-order valence-electron chi connectivity index (χ4n) is 4.12. The SMILES string of the molecule is CC(CC(=O)N1CCCN(C(=O)c2ccccc2)CC1)C1CCNCC1. The highest BCUT2D eigenvalue weighted by Gasteiger charge is 2.26. The van der Waals surface area contributed by atoms with Crippen LogP contribution < -0.4 is 5.32 Å². The largest absolute Gasteiger partial charge is 0.341 e.